The van der Waals surface area contributed by atoms with Crippen molar-refractivity contribution in [1.82, 2.24) is 14.5 Å². The minimum absolute atomic E-state index is 0.177. The highest BCUT2D eigenvalue weighted by molar-refractivity contribution is 5.29. The van der Waals surface area contributed by atoms with Crippen LogP contribution in [0, 0.1) is 5.41 Å². The standard InChI is InChI=1S/C15H21N3O/c1-15(2)7-13-12(14(19)8-15)4-6-18(13)5-3-11-9-16-10-17-11/h4,6,9-10,14,19H,3,5,7-8H2,1-2H3,(H,16,17). The van der Waals surface area contributed by atoms with E-state index in [0.717, 1.165) is 37.1 Å². The van der Waals surface area contributed by atoms with E-state index in [0.29, 0.717) is 0 Å². The van der Waals surface area contributed by atoms with E-state index in [1.165, 1.54) is 5.69 Å². The molecule has 4 heteroatoms. The number of nitrogens with one attached hydrogen (secondary N) is 1. The molecule has 102 valence electrons. The second-order valence-electron chi connectivity index (χ2n) is 6.30. The van der Waals surface area contributed by atoms with E-state index in [-0.39, 0.29) is 11.5 Å². The summed E-state index contributed by atoms with van der Waals surface area (Å²) in [6, 6.07) is 2.07. The molecule has 19 heavy (non-hydrogen) atoms. The van der Waals surface area contributed by atoms with E-state index in [2.05, 4.69) is 40.6 Å². The molecule has 0 saturated heterocycles. The van der Waals surface area contributed by atoms with Crippen molar-refractivity contribution in [2.75, 3.05) is 0 Å². The number of aliphatic hydroxyl groups is 1. The van der Waals surface area contributed by atoms with Crippen LogP contribution in [0.1, 0.15) is 43.3 Å². The van der Waals surface area contributed by atoms with Crippen molar-refractivity contribution in [3.05, 3.63) is 41.7 Å². The molecule has 2 N–H and O–H groups in total. The van der Waals surface area contributed by atoms with Gasteiger partial charge in [0.2, 0.25) is 0 Å². The molecule has 1 aliphatic carbocycles. The van der Waals surface area contributed by atoms with Crippen LogP contribution in [0.5, 0.6) is 0 Å². The summed E-state index contributed by atoms with van der Waals surface area (Å²) in [5.74, 6) is 0. The van der Waals surface area contributed by atoms with Gasteiger partial charge in [-0.05, 0) is 24.3 Å². The van der Waals surface area contributed by atoms with Crippen LogP contribution in [-0.2, 0) is 19.4 Å². The highest BCUT2D eigenvalue weighted by Gasteiger charge is 2.32. The van der Waals surface area contributed by atoms with E-state index < -0.39 is 0 Å². The van der Waals surface area contributed by atoms with Crippen molar-refractivity contribution in [3.8, 4) is 0 Å². The maximum atomic E-state index is 10.2. The highest BCUT2D eigenvalue weighted by atomic mass is 16.3. The first kappa shape index (κ1) is 12.5. The Morgan fingerprint density at radius 2 is 2.37 bits per heavy atom. The van der Waals surface area contributed by atoms with Crippen molar-refractivity contribution >= 4 is 0 Å². The third kappa shape index (κ3) is 2.45. The lowest BCUT2D eigenvalue weighted by Gasteiger charge is -2.34. The lowest BCUT2D eigenvalue weighted by atomic mass is 9.75. The third-order valence-corrected chi connectivity index (χ3v) is 4.04. The molecule has 2 aromatic rings. The number of aromatic amines is 1. The van der Waals surface area contributed by atoms with Gasteiger partial charge in [-0.1, -0.05) is 13.8 Å². The number of hydrogen-bond acceptors (Lipinski definition) is 2. The molecule has 2 heterocycles. The normalized spacial score (nSPS) is 21.3. The molecule has 0 radical (unpaired) electrons. The van der Waals surface area contributed by atoms with Gasteiger partial charge in [0, 0.05) is 42.3 Å². The Morgan fingerprint density at radius 3 is 3.11 bits per heavy atom. The summed E-state index contributed by atoms with van der Waals surface area (Å²) in [6.07, 6.45) is 8.21. The average Bonchev–Trinajstić information content (AvgIpc) is 2.93. The Bertz CT molecular complexity index is 554. The van der Waals surface area contributed by atoms with Crippen LogP contribution in [0.25, 0.3) is 0 Å². The number of imidazole rings is 1. The number of aliphatic hydroxyl groups excluding tert-OH is 1. The molecule has 0 saturated carbocycles. The van der Waals surface area contributed by atoms with Crippen LogP contribution in [-0.4, -0.2) is 19.6 Å². The predicted molar refractivity (Wildman–Crippen MR) is 73.8 cm³/mol. The number of rotatable bonds is 3. The number of H-pyrrole nitrogens is 1. The topological polar surface area (TPSA) is 53.8 Å². The Labute approximate surface area is 113 Å². The van der Waals surface area contributed by atoms with Crippen LogP contribution in [0.3, 0.4) is 0 Å². The molecule has 0 fully saturated rings. The molecule has 1 atom stereocenters. The van der Waals surface area contributed by atoms with Gasteiger partial charge in [-0.25, -0.2) is 4.98 Å². The summed E-state index contributed by atoms with van der Waals surface area (Å²) in [5.41, 5.74) is 3.74. The molecule has 0 bridgehead atoms. The molecule has 1 unspecified atom stereocenters. The van der Waals surface area contributed by atoms with Crippen molar-refractivity contribution < 1.29 is 5.11 Å². The lowest BCUT2D eigenvalue weighted by molar-refractivity contribution is 0.0979. The van der Waals surface area contributed by atoms with Crippen molar-refractivity contribution in [2.24, 2.45) is 5.41 Å². The molecule has 0 aliphatic heterocycles. The van der Waals surface area contributed by atoms with Crippen LogP contribution < -0.4 is 0 Å². The van der Waals surface area contributed by atoms with E-state index in [1.54, 1.807) is 6.33 Å². The Kier molecular flexibility index (Phi) is 2.97. The van der Waals surface area contributed by atoms with Gasteiger partial charge in [-0.15, -0.1) is 0 Å². The first-order valence-corrected chi connectivity index (χ1v) is 6.88. The number of nitrogens with zero attached hydrogens (tertiary/aromatic N) is 2. The van der Waals surface area contributed by atoms with Gasteiger partial charge in [0.05, 0.1) is 12.4 Å². The van der Waals surface area contributed by atoms with E-state index in [9.17, 15) is 5.11 Å². The Morgan fingerprint density at radius 1 is 1.53 bits per heavy atom. The largest absolute Gasteiger partial charge is 0.388 e. The first-order chi connectivity index (χ1) is 9.05. The van der Waals surface area contributed by atoms with E-state index in [4.69, 9.17) is 0 Å². The molecule has 0 aromatic carbocycles. The molecule has 3 rings (SSSR count). The van der Waals surface area contributed by atoms with Crippen LogP contribution in [0.2, 0.25) is 0 Å². The zero-order valence-corrected chi connectivity index (χ0v) is 11.6. The van der Waals surface area contributed by atoms with Gasteiger partial charge >= 0.3 is 0 Å². The van der Waals surface area contributed by atoms with Gasteiger partial charge < -0.3 is 14.7 Å². The van der Waals surface area contributed by atoms with Gasteiger partial charge in [0.25, 0.3) is 0 Å². The second-order valence-corrected chi connectivity index (χ2v) is 6.30. The van der Waals surface area contributed by atoms with Gasteiger partial charge in [0.15, 0.2) is 0 Å². The molecule has 1 aliphatic rings. The zero-order valence-electron chi connectivity index (χ0n) is 11.6. The van der Waals surface area contributed by atoms with Crippen LogP contribution >= 0.6 is 0 Å². The molecule has 0 spiro atoms. The average molecular weight is 259 g/mol. The summed E-state index contributed by atoms with van der Waals surface area (Å²) in [4.78, 5) is 7.17. The van der Waals surface area contributed by atoms with Crippen molar-refractivity contribution in [1.29, 1.82) is 0 Å². The lowest BCUT2D eigenvalue weighted by Crippen LogP contribution is -2.27. The minimum atomic E-state index is -0.313. The number of hydrogen-bond donors (Lipinski definition) is 2. The fraction of sp³-hybridized carbons (Fsp3) is 0.533. The van der Waals surface area contributed by atoms with Crippen LogP contribution in [0.4, 0.5) is 0 Å². The summed E-state index contributed by atoms with van der Waals surface area (Å²) < 4.78 is 2.28. The Hall–Kier alpha value is -1.55. The Balaban J connectivity index is 1.80. The maximum absolute atomic E-state index is 10.2. The molecule has 4 nitrogen and oxygen atoms in total. The third-order valence-electron chi connectivity index (χ3n) is 4.04. The smallest absolute Gasteiger partial charge is 0.0921 e. The first-order valence-electron chi connectivity index (χ1n) is 6.88. The SMILES string of the molecule is CC1(C)Cc2c(ccn2CCc2cnc[nH]2)C(O)C1. The van der Waals surface area contributed by atoms with E-state index >= 15 is 0 Å². The zero-order chi connectivity index (χ0) is 13.5. The maximum Gasteiger partial charge on any atom is 0.0921 e. The quantitative estimate of drug-likeness (QED) is 0.889. The van der Waals surface area contributed by atoms with Crippen molar-refractivity contribution in [2.45, 2.75) is 45.8 Å². The second kappa shape index (κ2) is 4.53. The van der Waals surface area contributed by atoms with Gasteiger partial charge in [-0.2, -0.15) is 0 Å². The minimum Gasteiger partial charge on any atom is -0.388 e. The molecular weight excluding hydrogens is 238 g/mol. The van der Waals surface area contributed by atoms with Crippen molar-refractivity contribution in [3.63, 3.8) is 0 Å². The summed E-state index contributed by atoms with van der Waals surface area (Å²) in [7, 11) is 0. The van der Waals surface area contributed by atoms with E-state index in [1.807, 2.05) is 6.20 Å². The fourth-order valence-corrected chi connectivity index (χ4v) is 3.06. The summed E-state index contributed by atoms with van der Waals surface area (Å²) in [6.45, 7) is 5.39. The predicted octanol–water partition coefficient (Wildman–Crippen LogP) is 2.46. The number of fused-ring (bicyclic) bond motifs is 1. The monoisotopic (exact) mass is 259 g/mol. The number of aryl methyl sites for hydroxylation is 2. The summed E-state index contributed by atoms with van der Waals surface area (Å²) in [5, 5.41) is 10.2. The molecule has 0 amide bonds. The van der Waals surface area contributed by atoms with Gasteiger partial charge in [0.1, 0.15) is 0 Å². The van der Waals surface area contributed by atoms with Gasteiger partial charge in [-0.3, -0.25) is 0 Å². The highest BCUT2D eigenvalue weighted by Crippen LogP contribution is 2.41. The fourth-order valence-electron chi connectivity index (χ4n) is 3.06. The molecular formula is C15H21N3O. The molecule has 2 aromatic heterocycles. The number of aromatic nitrogens is 3. The van der Waals surface area contributed by atoms with Crippen LogP contribution in [0.15, 0.2) is 24.8 Å². The summed E-state index contributed by atoms with van der Waals surface area (Å²) >= 11 is 0.